The molecule has 0 aliphatic carbocycles. The summed E-state index contributed by atoms with van der Waals surface area (Å²) >= 11 is 12.3. The first kappa shape index (κ1) is 18.0. The van der Waals surface area contributed by atoms with Crippen LogP contribution in [0.4, 0.5) is 0 Å². The number of phenols is 1. The van der Waals surface area contributed by atoms with E-state index < -0.39 is 5.91 Å². The van der Waals surface area contributed by atoms with Gasteiger partial charge < -0.3 is 15.6 Å². The van der Waals surface area contributed by atoms with Gasteiger partial charge in [0.2, 0.25) is 11.8 Å². The molecule has 2 aromatic carbocycles. The highest BCUT2D eigenvalue weighted by molar-refractivity contribution is 6.32. The number of rotatable bonds is 4. The molecular formula is C19H14Cl2N2O3. The fourth-order valence-corrected chi connectivity index (χ4v) is 3.10. The molecule has 0 atom stereocenters. The maximum absolute atomic E-state index is 12.1. The summed E-state index contributed by atoms with van der Waals surface area (Å²) in [6, 6.07) is 11.3. The van der Waals surface area contributed by atoms with Gasteiger partial charge in [0.15, 0.2) is 0 Å². The van der Waals surface area contributed by atoms with Crippen molar-refractivity contribution >= 4 is 29.1 Å². The lowest BCUT2D eigenvalue weighted by molar-refractivity contribution is 0.100. The molecule has 0 bridgehead atoms. The average molecular weight is 389 g/mol. The normalized spacial score (nSPS) is 10.6. The first-order chi connectivity index (χ1) is 12.4. The number of hydrogen-bond acceptors (Lipinski definition) is 4. The van der Waals surface area contributed by atoms with E-state index in [1.54, 1.807) is 24.3 Å². The molecule has 26 heavy (non-hydrogen) atoms. The van der Waals surface area contributed by atoms with Crippen LogP contribution in [-0.4, -0.2) is 23.1 Å². The van der Waals surface area contributed by atoms with Crippen LogP contribution >= 0.6 is 23.2 Å². The predicted octanol–water partition coefficient (Wildman–Crippen LogP) is 4.54. The third kappa shape index (κ3) is 3.45. The summed E-state index contributed by atoms with van der Waals surface area (Å²) in [7, 11) is 1.47. The van der Waals surface area contributed by atoms with Gasteiger partial charge in [-0.3, -0.25) is 4.79 Å². The van der Waals surface area contributed by atoms with Crippen molar-refractivity contribution < 1.29 is 14.6 Å². The molecule has 1 amide bonds. The zero-order chi connectivity index (χ0) is 18.8. The van der Waals surface area contributed by atoms with Gasteiger partial charge >= 0.3 is 0 Å². The lowest BCUT2D eigenvalue weighted by atomic mass is 9.90. The Labute approximate surface area is 160 Å². The van der Waals surface area contributed by atoms with Crippen molar-refractivity contribution in [3.63, 3.8) is 0 Å². The van der Waals surface area contributed by atoms with E-state index in [-0.39, 0.29) is 11.3 Å². The summed E-state index contributed by atoms with van der Waals surface area (Å²) in [6.45, 7) is 0. The maximum atomic E-state index is 12.1. The number of nitrogens with zero attached hydrogens (tertiary/aromatic N) is 1. The molecule has 0 aliphatic heterocycles. The number of ether oxygens (including phenoxy) is 1. The van der Waals surface area contributed by atoms with E-state index in [1.165, 1.54) is 31.5 Å². The Balaban J connectivity index is 2.41. The van der Waals surface area contributed by atoms with Crippen LogP contribution in [0.3, 0.4) is 0 Å². The van der Waals surface area contributed by atoms with Crippen LogP contribution in [0.5, 0.6) is 11.6 Å². The third-order valence-electron chi connectivity index (χ3n) is 3.83. The summed E-state index contributed by atoms with van der Waals surface area (Å²) in [5, 5.41) is 10.3. The number of amides is 1. The van der Waals surface area contributed by atoms with Gasteiger partial charge in [0.25, 0.3) is 0 Å². The number of phenolic OH excluding ortho intramolecular Hbond substituents is 1. The van der Waals surface area contributed by atoms with Crippen molar-refractivity contribution in [3.8, 4) is 33.9 Å². The van der Waals surface area contributed by atoms with Crippen LogP contribution in [-0.2, 0) is 0 Å². The number of carbonyl (C=O) groups excluding carboxylic acids is 1. The summed E-state index contributed by atoms with van der Waals surface area (Å²) in [5.74, 6) is -0.238. The quantitative estimate of drug-likeness (QED) is 0.686. The number of hydrogen-bond donors (Lipinski definition) is 2. The van der Waals surface area contributed by atoms with Gasteiger partial charge in [0.1, 0.15) is 5.75 Å². The van der Waals surface area contributed by atoms with Crippen molar-refractivity contribution in [3.05, 3.63) is 64.3 Å². The Morgan fingerprint density at radius 3 is 2.35 bits per heavy atom. The Morgan fingerprint density at radius 1 is 1.08 bits per heavy atom. The number of pyridine rings is 1. The van der Waals surface area contributed by atoms with Crippen LogP contribution < -0.4 is 10.5 Å². The average Bonchev–Trinajstić information content (AvgIpc) is 2.61. The SMILES string of the molecule is COc1ncc(Cl)cc1-c1c(C(N)=O)cc(Cl)cc1-c1ccc(O)cc1. The number of nitrogens with two attached hydrogens (primary N) is 1. The molecule has 0 fully saturated rings. The highest BCUT2D eigenvalue weighted by Crippen LogP contribution is 2.41. The highest BCUT2D eigenvalue weighted by atomic mass is 35.5. The molecule has 0 saturated carbocycles. The second-order valence-corrected chi connectivity index (χ2v) is 6.37. The van der Waals surface area contributed by atoms with E-state index in [2.05, 4.69) is 4.98 Å². The Morgan fingerprint density at radius 2 is 1.73 bits per heavy atom. The van der Waals surface area contributed by atoms with E-state index in [9.17, 15) is 9.90 Å². The molecular weight excluding hydrogens is 375 g/mol. The van der Waals surface area contributed by atoms with E-state index in [4.69, 9.17) is 33.7 Å². The van der Waals surface area contributed by atoms with E-state index in [0.717, 1.165) is 5.56 Å². The number of benzene rings is 2. The van der Waals surface area contributed by atoms with Gasteiger partial charge in [-0.1, -0.05) is 35.3 Å². The topological polar surface area (TPSA) is 85.4 Å². The summed E-state index contributed by atoms with van der Waals surface area (Å²) in [4.78, 5) is 16.3. The first-order valence-electron chi connectivity index (χ1n) is 7.53. The summed E-state index contributed by atoms with van der Waals surface area (Å²) in [6.07, 6.45) is 1.45. The fourth-order valence-electron chi connectivity index (χ4n) is 2.73. The standard InChI is InChI=1S/C19H14Cl2N2O3/c1-26-19-16(8-12(21)9-23-19)17-14(10-2-4-13(24)5-3-10)6-11(20)7-15(17)18(22)25/h2-9,24H,1H3,(H2,22,25). The van der Waals surface area contributed by atoms with Gasteiger partial charge in [-0.25, -0.2) is 4.98 Å². The monoisotopic (exact) mass is 388 g/mol. The molecule has 0 saturated heterocycles. The first-order valence-corrected chi connectivity index (χ1v) is 8.29. The Bertz CT molecular complexity index is 989. The molecule has 0 unspecified atom stereocenters. The van der Waals surface area contributed by atoms with Crippen LogP contribution in [0.15, 0.2) is 48.7 Å². The predicted molar refractivity (Wildman–Crippen MR) is 102 cm³/mol. The number of carbonyl (C=O) groups is 1. The van der Waals surface area contributed by atoms with Crippen LogP contribution in [0.2, 0.25) is 10.0 Å². The van der Waals surface area contributed by atoms with Crippen molar-refractivity contribution in [2.24, 2.45) is 5.73 Å². The van der Waals surface area contributed by atoms with Gasteiger partial charge in [-0.05, 0) is 41.5 Å². The van der Waals surface area contributed by atoms with Crippen molar-refractivity contribution in [2.45, 2.75) is 0 Å². The Kier molecular flexibility index (Phi) is 5.02. The minimum atomic E-state index is -0.649. The molecule has 0 radical (unpaired) electrons. The van der Waals surface area contributed by atoms with E-state index in [0.29, 0.717) is 32.6 Å². The van der Waals surface area contributed by atoms with E-state index >= 15 is 0 Å². The minimum Gasteiger partial charge on any atom is -0.508 e. The van der Waals surface area contributed by atoms with Crippen molar-refractivity contribution in [1.29, 1.82) is 0 Å². The maximum Gasteiger partial charge on any atom is 0.249 e. The molecule has 5 nitrogen and oxygen atoms in total. The molecule has 3 N–H and O–H groups in total. The Hall–Kier alpha value is -2.76. The third-order valence-corrected chi connectivity index (χ3v) is 4.25. The molecule has 1 aromatic heterocycles. The van der Waals surface area contributed by atoms with Crippen LogP contribution in [0.25, 0.3) is 22.3 Å². The fraction of sp³-hybridized carbons (Fsp3) is 0.0526. The minimum absolute atomic E-state index is 0.120. The number of halogens is 2. The summed E-state index contributed by atoms with van der Waals surface area (Å²) < 4.78 is 5.33. The molecule has 7 heteroatoms. The molecule has 1 heterocycles. The lowest BCUT2D eigenvalue weighted by Crippen LogP contribution is -2.13. The summed E-state index contributed by atoms with van der Waals surface area (Å²) in [5.41, 5.74) is 8.17. The molecule has 0 aliphatic rings. The van der Waals surface area contributed by atoms with Gasteiger partial charge in [0, 0.05) is 27.9 Å². The number of aromatic hydroxyl groups is 1. The zero-order valence-corrected chi connectivity index (χ0v) is 15.2. The molecule has 3 aromatic rings. The second kappa shape index (κ2) is 7.23. The second-order valence-electron chi connectivity index (χ2n) is 5.50. The smallest absolute Gasteiger partial charge is 0.249 e. The van der Waals surface area contributed by atoms with Gasteiger partial charge in [-0.2, -0.15) is 0 Å². The molecule has 132 valence electrons. The molecule has 0 spiro atoms. The van der Waals surface area contributed by atoms with Crippen molar-refractivity contribution in [1.82, 2.24) is 4.98 Å². The largest absolute Gasteiger partial charge is 0.508 e. The van der Waals surface area contributed by atoms with Gasteiger partial charge in [-0.15, -0.1) is 0 Å². The van der Waals surface area contributed by atoms with Crippen LogP contribution in [0, 0.1) is 0 Å². The number of aromatic nitrogens is 1. The zero-order valence-electron chi connectivity index (χ0n) is 13.7. The lowest BCUT2D eigenvalue weighted by Gasteiger charge is -2.17. The van der Waals surface area contributed by atoms with Crippen molar-refractivity contribution in [2.75, 3.05) is 7.11 Å². The number of primary amides is 1. The molecule has 3 rings (SSSR count). The highest BCUT2D eigenvalue weighted by Gasteiger charge is 2.21. The van der Waals surface area contributed by atoms with Gasteiger partial charge in [0.05, 0.1) is 12.1 Å². The van der Waals surface area contributed by atoms with E-state index in [1.807, 2.05) is 0 Å². The number of methoxy groups -OCH3 is 1. The van der Waals surface area contributed by atoms with Crippen LogP contribution in [0.1, 0.15) is 10.4 Å².